The van der Waals surface area contributed by atoms with Crippen LogP contribution in [0.3, 0.4) is 0 Å². The smallest absolute Gasteiger partial charge is 0.163 e. The molecule has 2 aliphatic rings. The molecule has 0 amide bonds. The second-order valence-electron chi connectivity index (χ2n) is 9.79. The van der Waals surface area contributed by atoms with Crippen molar-refractivity contribution >= 4 is 17.2 Å². The normalized spacial score (nSPS) is 18.4. The van der Waals surface area contributed by atoms with Crippen molar-refractivity contribution in [3.8, 4) is 11.5 Å². The predicted octanol–water partition coefficient (Wildman–Crippen LogP) is 7.25. The number of rotatable bonds is 6. The van der Waals surface area contributed by atoms with E-state index in [2.05, 4.69) is 34.9 Å². The summed E-state index contributed by atoms with van der Waals surface area (Å²) in [6, 6.07) is 34.1. The van der Waals surface area contributed by atoms with E-state index in [0.29, 0.717) is 13.0 Å². The zero-order chi connectivity index (χ0) is 25.9. The molecule has 0 radical (unpaired) electrons. The van der Waals surface area contributed by atoms with Gasteiger partial charge in [0.15, 0.2) is 5.78 Å². The summed E-state index contributed by atoms with van der Waals surface area (Å²) in [5.74, 6) is 1.81. The molecule has 0 saturated heterocycles. The van der Waals surface area contributed by atoms with E-state index >= 15 is 0 Å². The lowest BCUT2D eigenvalue weighted by molar-refractivity contribution is -0.116. The van der Waals surface area contributed by atoms with E-state index in [1.807, 2.05) is 78.9 Å². The maximum Gasteiger partial charge on any atom is 0.163 e. The van der Waals surface area contributed by atoms with Crippen molar-refractivity contribution in [1.29, 1.82) is 0 Å². The van der Waals surface area contributed by atoms with Crippen LogP contribution in [0, 0.1) is 0 Å². The topological polar surface area (TPSA) is 59.6 Å². The number of Topliss-reactive ketones (excluding diaryl/α,β-unsaturated/α-hetero) is 1. The first-order valence-electron chi connectivity index (χ1n) is 13.0. The number of ketones is 1. The summed E-state index contributed by atoms with van der Waals surface area (Å²) >= 11 is 0. The van der Waals surface area contributed by atoms with Crippen LogP contribution in [0.4, 0.5) is 11.4 Å². The Labute approximate surface area is 223 Å². The van der Waals surface area contributed by atoms with Gasteiger partial charge >= 0.3 is 0 Å². The quantitative estimate of drug-likeness (QED) is 0.291. The largest absolute Gasteiger partial charge is 0.497 e. The number of fused-ring (bicyclic) bond motifs is 1. The Bertz CT molecular complexity index is 1500. The van der Waals surface area contributed by atoms with Gasteiger partial charge in [-0.3, -0.25) is 4.79 Å². The van der Waals surface area contributed by atoms with Gasteiger partial charge < -0.3 is 20.1 Å². The van der Waals surface area contributed by atoms with E-state index < -0.39 is 0 Å². The number of carbonyl (C=O) groups is 1. The Morgan fingerprint density at radius 2 is 1.47 bits per heavy atom. The molecule has 0 bridgehead atoms. The molecule has 1 aliphatic heterocycles. The molecule has 0 aromatic heterocycles. The molecule has 0 fully saturated rings. The highest BCUT2D eigenvalue weighted by atomic mass is 16.5. The molecule has 2 atom stereocenters. The van der Waals surface area contributed by atoms with Crippen LogP contribution in [0.5, 0.6) is 11.5 Å². The van der Waals surface area contributed by atoms with Crippen molar-refractivity contribution < 1.29 is 14.3 Å². The summed E-state index contributed by atoms with van der Waals surface area (Å²) in [5, 5.41) is 7.28. The Morgan fingerprint density at radius 3 is 2.29 bits per heavy atom. The number of para-hydroxylation sites is 2. The lowest BCUT2D eigenvalue weighted by Crippen LogP contribution is -2.26. The Kier molecular flexibility index (Phi) is 6.57. The fourth-order valence-corrected chi connectivity index (χ4v) is 5.40. The summed E-state index contributed by atoms with van der Waals surface area (Å²) in [6.07, 6.45) is 1.19. The number of nitrogens with one attached hydrogen (secondary N) is 2. The zero-order valence-corrected chi connectivity index (χ0v) is 21.3. The van der Waals surface area contributed by atoms with E-state index in [4.69, 9.17) is 9.47 Å². The Morgan fingerprint density at radius 1 is 0.763 bits per heavy atom. The minimum absolute atomic E-state index is 0.0790. The van der Waals surface area contributed by atoms with Gasteiger partial charge in [0.05, 0.1) is 24.5 Å². The number of ether oxygens (including phenoxy) is 2. The number of hydrogen-bond donors (Lipinski definition) is 2. The third-order valence-electron chi connectivity index (χ3n) is 7.31. The lowest BCUT2D eigenvalue weighted by Gasteiger charge is -2.30. The summed E-state index contributed by atoms with van der Waals surface area (Å²) in [5.41, 5.74) is 6.91. The fourth-order valence-electron chi connectivity index (χ4n) is 5.40. The van der Waals surface area contributed by atoms with E-state index in [1.165, 1.54) is 0 Å². The van der Waals surface area contributed by atoms with Crippen LogP contribution >= 0.6 is 0 Å². The molecule has 0 saturated carbocycles. The minimum atomic E-state index is -0.291. The molecule has 2 N–H and O–H groups in total. The van der Waals surface area contributed by atoms with Crippen LogP contribution < -0.4 is 20.1 Å². The predicted molar refractivity (Wildman–Crippen MR) is 151 cm³/mol. The van der Waals surface area contributed by atoms with Gasteiger partial charge in [0.1, 0.15) is 18.1 Å². The van der Waals surface area contributed by atoms with E-state index in [0.717, 1.165) is 57.3 Å². The first-order valence-corrected chi connectivity index (χ1v) is 13.0. The number of anilines is 2. The van der Waals surface area contributed by atoms with Gasteiger partial charge in [-0.2, -0.15) is 0 Å². The second-order valence-corrected chi connectivity index (χ2v) is 9.79. The maximum absolute atomic E-state index is 13.8. The fraction of sp³-hybridized carbons (Fsp3) is 0.182. The average Bonchev–Trinajstić information content (AvgIpc) is 3.14. The maximum atomic E-state index is 13.8. The summed E-state index contributed by atoms with van der Waals surface area (Å²) in [6.45, 7) is 0.488. The molecule has 1 aliphatic carbocycles. The number of allylic oxidation sites excluding steroid dienone is 1. The highest BCUT2D eigenvalue weighted by molar-refractivity contribution is 6.01. The molecule has 38 heavy (non-hydrogen) atoms. The second kappa shape index (κ2) is 10.5. The minimum Gasteiger partial charge on any atom is -0.497 e. The molecule has 5 nitrogen and oxygen atoms in total. The molecule has 4 aromatic carbocycles. The summed E-state index contributed by atoms with van der Waals surface area (Å²) in [7, 11) is 1.67. The molecular formula is C33H30N2O3. The van der Waals surface area contributed by atoms with Crippen molar-refractivity contribution in [2.45, 2.75) is 31.4 Å². The van der Waals surface area contributed by atoms with Crippen LogP contribution in [0.25, 0.3) is 0 Å². The van der Waals surface area contributed by atoms with Crippen molar-refractivity contribution in [3.63, 3.8) is 0 Å². The van der Waals surface area contributed by atoms with E-state index in [1.54, 1.807) is 7.11 Å². The van der Waals surface area contributed by atoms with Crippen molar-refractivity contribution in [1.82, 2.24) is 0 Å². The molecular weight excluding hydrogens is 472 g/mol. The van der Waals surface area contributed by atoms with Crippen molar-refractivity contribution in [2.75, 3.05) is 17.7 Å². The average molecular weight is 503 g/mol. The number of methoxy groups -OCH3 is 1. The van der Waals surface area contributed by atoms with Gasteiger partial charge in [-0.1, -0.05) is 66.7 Å². The van der Waals surface area contributed by atoms with Gasteiger partial charge in [-0.25, -0.2) is 0 Å². The Hall–Kier alpha value is -4.51. The van der Waals surface area contributed by atoms with Gasteiger partial charge in [0.25, 0.3) is 0 Å². The molecule has 0 spiro atoms. The molecule has 6 rings (SSSR count). The first-order chi connectivity index (χ1) is 18.7. The number of benzene rings is 4. The highest BCUT2D eigenvalue weighted by Gasteiger charge is 2.36. The number of carbonyl (C=O) groups excluding carboxylic acids is 1. The third kappa shape index (κ3) is 4.88. The molecule has 190 valence electrons. The van der Waals surface area contributed by atoms with Crippen molar-refractivity contribution in [3.05, 3.63) is 131 Å². The third-order valence-corrected chi connectivity index (χ3v) is 7.31. The summed E-state index contributed by atoms with van der Waals surface area (Å²) in [4.78, 5) is 13.8. The van der Waals surface area contributed by atoms with Gasteiger partial charge in [0.2, 0.25) is 0 Å². The highest BCUT2D eigenvalue weighted by Crippen LogP contribution is 2.44. The number of hydrogen-bond acceptors (Lipinski definition) is 5. The van der Waals surface area contributed by atoms with Gasteiger partial charge in [-0.05, 0) is 65.4 Å². The lowest BCUT2D eigenvalue weighted by atomic mass is 9.78. The molecule has 5 heteroatoms. The van der Waals surface area contributed by atoms with Crippen LogP contribution in [-0.2, 0) is 11.4 Å². The SMILES string of the molecule is COc1cccc(C2CC(=O)C3=C(C2)Nc2ccccc2NC3c2cccc(OCc3ccccc3)c2)c1. The monoisotopic (exact) mass is 502 g/mol. The van der Waals surface area contributed by atoms with Crippen molar-refractivity contribution in [2.24, 2.45) is 0 Å². The molecule has 2 unspecified atom stereocenters. The van der Waals surface area contributed by atoms with Crippen LogP contribution in [-0.4, -0.2) is 12.9 Å². The molecule has 4 aromatic rings. The van der Waals surface area contributed by atoms with Crippen LogP contribution in [0.2, 0.25) is 0 Å². The van der Waals surface area contributed by atoms with E-state index in [9.17, 15) is 4.79 Å². The zero-order valence-electron chi connectivity index (χ0n) is 21.3. The summed E-state index contributed by atoms with van der Waals surface area (Å²) < 4.78 is 11.6. The first kappa shape index (κ1) is 23.9. The van der Waals surface area contributed by atoms with Crippen LogP contribution in [0.15, 0.2) is 114 Å². The van der Waals surface area contributed by atoms with Crippen LogP contribution in [0.1, 0.15) is 41.5 Å². The van der Waals surface area contributed by atoms with Gasteiger partial charge in [0, 0.05) is 17.7 Å². The van der Waals surface area contributed by atoms with E-state index in [-0.39, 0.29) is 17.7 Å². The Balaban J connectivity index is 1.35. The molecule has 1 heterocycles. The van der Waals surface area contributed by atoms with Gasteiger partial charge in [-0.15, -0.1) is 0 Å². The standard InChI is InChI=1S/C33H30N2O3/c1-37-26-13-7-11-23(17-26)25-19-30-32(31(36)20-25)33(35-29-16-6-5-15-28(29)34-30)24-12-8-14-27(18-24)38-21-22-9-3-2-4-10-22/h2-18,25,33-35H,19-21H2,1H3.